The Hall–Kier alpha value is -4.39. The number of carbonyl (C=O) groups excluding carboxylic acids is 1. The maximum absolute atomic E-state index is 13.5. The predicted octanol–water partition coefficient (Wildman–Crippen LogP) is 3.79. The molecule has 12 nitrogen and oxygen atoms in total. The highest BCUT2D eigenvalue weighted by Gasteiger charge is 2.23. The Balaban J connectivity index is 1.48. The highest BCUT2D eigenvalue weighted by molar-refractivity contribution is 7.92. The number of methoxy groups -OCH3 is 1. The lowest BCUT2D eigenvalue weighted by Gasteiger charge is -2.24. The Morgan fingerprint density at radius 1 is 1.15 bits per heavy atom. The van der Waals surface area contributed by atoms with E-state index in [-0.39, 0.29) is 16.9 Å². The first kappa shape index (κ1) is 27.2. The summed E-state index contributed by atoms with van der Waals surface area (Å²) in [4.78, 5) is 17.9. The van der Waals surface area contributed by atoms with Crippen LogP contribution in [-0.4, -0.2) is 58.8 Å². The van der Waals surface area contributed by atoms with Crippen LogP contribution in [0.1, 0.15) is 42.3 Å². The molecule has 5 rings (SSSR count). The lowest BCUT2D eigenvalue weighted by atomic mass is 9.86. The van der Waals surface area contributed by atoms with Gasteiger partial charge >= 0.3 is 0 Å². The Morgan fingerprint density at radius 2 is 1.90 bits per heavy atom. The third kappa shape index (κ3) is 5.37. The van der Waals surface area contributed by atoms with E-state index in [1.54, 1.807) is 35.1 Å². The van der Waals surface area contributed by atoms with E-state index >= 15 is 0 Å². The number of carbonyl (C=O) groups is 1. The number of benzene rings is 2. The van der Waals surface area contributed by atoms with Gasteiger partial charge in [-0.1, -0.05) is 32.1 Å². The van der Waals surface area contributed by atoms with Crippen LogP contribution in [0.3, 0.4) is 0 Å². The van der Waals surface area contributed by atoms with Gasteiger partial charge in [-0.25, -0.2) is 18.1 Å². The lowest BCUT2D eigenvalue weighted by molar-refractivity contribution is 0.102. The second-order valence-electron chi connectivity index (χ2n) is 10.8. The van der Waals surface area contributed by atoms with Crippen LogP contribution in [0.4, 0.5) is 17.3 Å². The van der Waals surface area contributed by atoms with Gasteiger partial charge in [0, 0.05) is 18.7 Å². The van der Waals surface area contributed by atoms with Crippen LogP contribution in [0.25, 0.3) is 17.1 Å². The van der Waals surface area contributed by atoms with Crippen molar-refractivity contribution in [1.29, 1.82) is 0 Å². The summed E-state index contributed by atoms with van der Waals surface area (Å²) in [5.74, 6) is 0.624. The lowest BCUT2D eigenvalue weighted by Crippen LogP contribution is -2.18. The van der Waals surface area contributed by atoms with Gasteiger partial charge in [0.1, 0.15) is 5.69 Å². The topological polar surface area (TPSA) is 145 Å². The Labute approximate surface area is 232 Å². The summed E-state index contributed by atoms with van der Waals surface area (Å²) in [5.41, 5.74) is 4.60. The van der Waals surface area contributed by atoms with Gasteiger partial charge in [0.25, 0.3) is 5.91 Å². The molecular weight excluding hydrogens is 532 g/mol. The van der Waals surface area contributed by atoms with Gasteiger partial charge in [-0.05, 0) is 47.7 Å². The molecule has 0 spiro atoms. The summed E-state index contributed by atoms with van der Waals surface area (Å²) < 4.78 is 35.8. The molecule has 0 bridgehead atoms. The van der Waals surface area contributed by atoms with E-state index in [1.807, 2.05) is 40.0 Å². The number of aryl methyl sites for hydroxylation is 1. The summed E-state index contributed by atoms with van der Waals surface area (Å²) in [6.07, 6.45) is 4.64. The molecule has 1 aliphatic rings. The minimum atomic E-state index is -3.60. The standard InChI is InChI=1S/C27H32N8O4S/c1-16-7-8-17(11-22(16)35-15-21(31-33-35)23-14-29-26-28-9-10-34(23)26)25(36)30-19-12-18(27(2,3)4)13-20(24(19)39-5)32-40(6,37)38/h7-8,11-15,32H,9-10H2,1-6H3,(H,28,29)(H,30,36). The number of imidazole rings is 1. The number of hydrogen-bond donors (Lipinski definition) is 3. The van der Waals surface area contributed by atoms with Gasteiger partial charge in [-0.15, -0.1) is 5.10 Å². The zero-order chi connectivity index (χ0) is 28.8. The molecule has 3 N–H and O–H groups in total. The predicted molar refractivity (Wildman–Crippen MR) is 154 cm³/mol. The molecule has 0 aliphatic carbocycles. The van der Waals surface area contributed by atoms with E-state index in [4.69, 9.17) is 4.74 Å². The monoisotopic (exact) mass is 564 g/mol. The third-order valence-electron chi connectivity index (χ3n) is 6.65. The average Bonchev–Trinajstić information content (AvgIpc) is 3.60. The first-order valence-corrected chi connectivity index (χ1v) is 14.6. The molecule has 2 aromatic heterocycles. The average molecular weight is 565 g/mol. The second-order valence-corrected chi connectivity index (χ2v) is 12.5. The summed E-state index contributed by atoms with van der Waals surface area (Å²) in [6, 6.07) is 8.81. The number of rotatable bonds is 7. The molecule has 1 aliphatic heterocycles. The number of anilines is 3. The summed E-state index contributed by atoms with van der Waals surface area (Å²) in [7, 11) is -2.17. The molecule has 0 fully saturated rings. The number of nitrogens with zero attached hydrogens (tertiary/aromatic N) is 5. The van der Waals surface area contributed by atoms with Crippen molar-refractivity contribution in [3.63, 3.8) is 0 Å². The van der Waals surface area contributed by atoms with E-state index in [2.05, 4.69) is 35.2 Å². The SMILES string of the molecule is COc1c(NC(=O)c2ccc(C)c(-n3cc(-c4cnc5n4CCN5)nn3)c2)cc(C(C)(C)C)cc1NS(C)(=O)=O. The molecule has 0 saturated heterocycles. The molecule has 0 atom stereocenters. The van der Waals surface area contributed by atoms with Gasteiger partial charge in [-0.3, -0.25) is 9.52 Å². The van der Waals surface area contributed by atoms with Crippen molar-refractivity contribution >= 4 is 33.3 Å². The normalized spacial score (nSPS) is 13.1. The van der Waals surface area contributed by atoms with Crippen molar-refractivity contribution < 1.29 is 17.9 Å². The fraction of sp³-hybridized carbons (Fsp3) is 0.333. The minimum Gasteiger partial charge on any atom is -0.492 e. The van der Waals surface area contributed by atoms with E-state index in [1.165, 1.54) is 7.11 Å². The van der Waals surface area contributed by atoms with E-state index in [0.717, 1.165) is 42.1 Å². The van der Waals surface area contributed by atoms with Gasteiger partial charge in [0.15, 0.2) is 5.75 Å². The zero-order valence-electron chi connectivity index (χ0n) is 23.2. The van der Waals surface area contributed by atoms with Crippen molar-refractivity contribution in [2.24, 2.45) is 0 Å². The molecule has 3 heterocycles. The van der Waals surface area contributed by atoms with Crippen molar-refractivity contribution in [3.05, 3.63) is 59.4 Å². The van der Waals surface area contributed by atoms with Crippen LogP contribution in [0, 0.1) is 6.92 Å². The smallest absolute Gasteiger partial charge is 0.255 e. The molecule has 13 heteroatoms. The number of sulfonamides is 1. The van der Waals surface area contributed by atoms with Crippen molar-refractivity contribution in [3.8, 4) is 22.8 Å². The van der Waals surface area contributed by atoms with Crippen LogP contribution in [0.2, 0.25) is 0 Å². The number of hydrogen-bond acceptors (Lipinski definition) is 8. The molecule has 0 radical (unpaired) electrons. The van der Waals surface area contributed by atoms with Crippen LogP contribution in [0.15, 0.2) is 42.7 Å². The first-order chi connectivity index (χ1) is 18.8. The van der Waals surface area contributed by atoms with Crippen molar-refractivity contribution in [2.45, 2.75) is 39.7 Å². The quantitative estimate of drug-likeness (QED) is 0.307. The summed E-state index contributed by atoms with van der Waals surface area (Å²) in [5, 5.41) is 14.8. The maximum atomic E-state index is 13.5. The fourth-order valence-electron chi connectivity index (χ4n) is 4.57. The number of nitrogens with one attached hydrogen (secondary N) is 3. The first-order valence-electron chi connectivity index (χ1n) is 12.7. The molecule has 0 unspecified atom stereocenters. The number of ether oxygens (including phenoxy) is 1. The van der Waals surface area contributed by atoms with Crippen molar-refractivity contribution in [1.82, 2.24) is 24.5 Å². The zero-order valence-corrected chi connectivity index (χ0v) is 24.0. The highest BCUT2D eigenvalue weighted by atomic mass is 32.2. The van der Waals surface area contributed by atoms with Crippen LogP contribution < -0.4 is 20.1 Å². The Kier molecular flexibility index (Phi) is 6.78. The summed E-state index contributed by atoms with van der Waals surface area (Å²) >= 11 is 0. The van der Waals surface area contributed by atoms with Gasteiger partial charge in [0.2, 0.25) is 16.0 Å². The van der Waals surface area contributed by atoms with Gasteiger partial charge in [0.05, 0.1) is 48.5 Å². The molecule has 2 aromatic carbocycles. The molecule has 0 saturated carbocycles. The van der Waals surface area contributed by atoms with E-state index in [0.29, 0.717) is 22.6 Å². The van der Waals surface area contributed by atoms with E-state index in [9.17, 15) is 13.2 Å². The van der Waals surface area contributed by atoms with Crippen LogP contribution in [-0.2, 0) is 22.0 Å². The maximum Gasteiger partial charge on any atom is 0.255 e. The Bertz CT molecular complexity index is 1720. The number of amides is 1. The minimum absolute atomic E-state index is 0.211. The van der Waals surface area contributed by atoms with E-state index < -0.39 is 15.9 Å². The number of fused-ring (bicyclic) bond motifs is 1. The largest absolute Gasteiger partial charge is 0.492 e. The molecular formula is C27H32N8O4S. The second kappa shape index (κ2) is 9.97. The van der Waals surface area contributed by atoms with Gasteiger partial charge in [-0.2, -0.15) is 0 Å². The molecule has 210 valence electrons. The molecule has 4 aromatic rings. The highest BCUT2D eigenvalue weighted by Crippen LogP contribution is 2.39. The molecule has 1 amide bonds. The fourth-order valence-corrected chi connectivity index (χ4v) is 5.12. The molecule has 40 heavy (non-hydrogen) atoms. The van der Waals surface area contributed by atoms with Crippen LogP contribution in [0.5, 0.6) is 5.75 Å². The third-order valence-corrected chi connectivity index (χ3v) is 7.24. The summed E-state index contributed by atoms with van der Waals surface area (Å²) in [6.45, 7) is 9.54. The van der Waals surface area contributed by atoms with Crippen molar-refractivity contribution in [2.75, 3.05) is 35.3 Å². The van der Waals surface area contributed by atoms with Crippen LogP contribution >= 0.6 is 0 Å². The van der Waals surface area contributed by atoms with Gasteiger partial charge < -0.3 is 19.9 Å². The Morgan fingerprint density at radius 3 is 2.60 bits per heavy atom. The number of aromatic nitrogens is 5.